The molecule has 0 aliphatic carbocycles. The van der Waals surface area contributed by atoms with Crippen LogP contribution in [0, 0.1) is 0 Å². The SMILES string of the molecule is COc1ccc2c(c1)sc(=NC(=O)CS(=O)(=O)CC(=O)Nc1nc(-c3ccccc3)cs1)n2C. The number of sulfone groups is 1. The van der Waals surface area contributed by atoms with Crippen molar-refractivity contribution in [1.82, 2.24) is 9.55 Å². The predicted molar refractivity (Wildman–Crippen MR) is 133 cm³/mol. The normalized spacial score (nSPS) is 12.1. The van der Waals surface area contributed by atoms with Gasteiger partial charge in [-0.25, -0.2) is 13.4 Å². The first-order valence-corrected chi connectivity index (χ1v) is 13.5. The molecule has 0 atom stereocenters. The average Bonchev–Trinajstić information content (AvgIpc) is 3.37. The number of hydrogen-bond donors (Lipinski definition) is 1. The van der Waals surface area contributed by atoms with Gasteiger partial charge in [0, 0.05) is 18.0 Å². The summed E-state index contributed by atoms with van der Waals surface area (Å²) in [5.74, 6) is -2.66. The third-order valence-electron chi connectivity index (χ3n) is 4.75. The van der Waals surface area contributed by atoms with E-state index in [4.69, 9.17) is 4.74 Å². The standard InChI is InChI=1S/C22H20N4O5S3/c1-26-17-9-8-15(31-2)10-18(17)33-22(26)25-20(28)13-34(29,30)12-19(27)24-21-23-16(11-32-21)14-6-4-3-5-7-14/h3-11H,12-13H2,1-2H3,(H,23,24,27). The van der Waals surface area contributed by atoms with Gasteiger partial charge in [-0.3, -0.25) is 9.59 Å². The number of benzene rings is 2. The van der Waals surface area contributed by atoms with Gasteiger partial charge in [0.25, 0.3) is 5.91 Å². The number of amides is 2. The molecule has 0 spiro atoms. The molecule has 0 aliphatic heterocycles. The maximum absolute atomic E-state index is 12.4. The molecule has 0 bridgehead atoms. The molecule has 2 aromatic carbocycles. The van der Waals surface area contributed by atoms with Crippen LogP contribution in [0.15, 0.2) is 58.9 Å². The van der Waals surface area contributed by atoms with Crippen LogP contribution in [0.4, 0.5) is 5.13 Å². The number of anilines is 1. The molecule has 0 fully saturated rings. The maximum Gasteiger partial charge on any atom is 0.263 e. The summed E-state index contributed by atoms with van der Waals surface area (Å²) in [5, 5.41) is 4.53. The Morgan fingerprint density at radius 1 is 1.15 bits per heavy atom. The van der Waals surface area contributed by atoms with Crippen LogP contribution >= 0.6 is 22.7 Å². The lowest BCUT2D eigenvalue weighted by Gasteiger charge is -2.02. The number of aryl methyl sites for hydroxylation is 1. The Balaban J connectivity index is 1.41. The van der Waals surface area contributed by atoms with Crippen LogP contribution in [0.2, 0.25) is 0 Å². The summed E-state index contributed by atoms with van der Waals surface area (Å²) >= 11 is 2.43. The van der Waals surface area contributed by atoms with Crippen LogP contribution in [0.1, 0.15) is 0 Å². The summed E-state index contributed by atoms with van der Waals surface area (Å²) in [4.78, 5) is 33.2. The second-order valence-corrected chi connectivity index (χ2v) is 11.2. The average molecular weight is 517 g/mol. The molecular formula is C22H20N4O5S3. The lowest BCUT2D eigenvalue weighted by Crippen LogP contribution is -2.28. The molecule has 2 heterocycles. The number of rotatable bonds is 7. The first kappa shape index (κ1) is 23.8. The van der Waals surface area contributed by atoms with Crippen molar-refractivity contribution in [3.8, 4) is 17.0 Å². The lowest BCUT2D eigenvalue weighted by atomic mass is 10.2. The van der Waals surface area contributed by atoms with Crippen LogP contribution < -0.4 is 14.9 Å². The Labute approximate surface area is 203 Å². The predicted octanol–water partition coefficient (Wildman–Crippen LogP) is 2.85. The Bertz CT molecular complexity index is 1540. The molecule has 2 aromatic heterocycles. The monoisotopic (exact) mass is 516 g/mol. The highest BCUT2D eigenvalue weighted by Gasteiger charge is 2.22. The van der Waals surface area contributed by atoms with Crippen LogP contribution in [0.3, 0.4) is 0 Å². The highest BCUT2D eigenvalue weighted by atomic mass is 32.2. The molecule has 12 heteroatoms. The number of thiazole rings is 2. The number of nitrogens with one attached hydrogen (secondary N) is 1. The fraction of sp³-hybridized carbons (Fsp3) is 0.182. The molecular weight excluding hydrogens is 496 g/mol. The minimum absolute atomic E-state index is 0.280. The van der Waals surface area contributed by atoms with Crippen molar-refractivity contribution < 1.29 is 22.7 Å². The zero-order valence-electron chi connectivity index (χ0n) is 18.2. The molecule has 0 saturated heterocycles. The van der Waals surface area contributed by atoms with Gasteiger partial charge < -0.3 is 14.6 Å². The summed E-state index contributed by atoms with van der Waals surface area (Å²) in [5.41, 5.74) is 2.39. The van der Waals surface area contributed by atoms with Gasteiger partial charge in [0.2, 0.25) is 5.91 Å². The summed E-state index contributed by atoms with van der Waals surface area (Å²) in [6.07, 6.45) is 0. The molecule has 1 N–H and O–H groups in total. The zero-order chi connectivity index (χ0) is 24.3. The van der Waals surface area contributed by atoms with Crippen molar-refractivity contribution in [3.63, 3.8) is 0 Å². The maximum atomic E-state index is 12.4. The molecule has 0 unspecified atom stereocenters. The highest BCUT2D eigenvalue weighted by molar-refractivity contribution is 7.92. The van der Waals surface area contributed by atoms with Crippen LogP contribution in [0.5, 0.6) is 5.75 Å². The summed E-state index contributed by atoms with van der Waals surface area (Å²) in [6.45, 7) is 0. The van der Waals surface area contributed by atoms with Crippen molar-refractivity contribution in [2.24, 2.45) is 12.0 Å². The number of aromatic nitrogens is 2. The topological polar surface area (TPSA) is 120 Å². The Hall–Kier alpha value is -3.35. The number of ether oxygens (including phenoxy) is 1. The lowest BCUT2D eigenvalue weighted by molar-refractivity contribution is -0.115. The highest BCUT2D eigenvalue weighted by Crippen LogP contribution is 2.25. The summed E-state index contributed by atoms with van der Waals surface area (Å²) in [7, 11) is -0.732. The molecule has 4 aromatic rings. The quantitative estimate of drug-likeness (QED) is 0.403. The van der Waals surface area contributed by atoms with Crippen LogP contribution in [-0.2, 0) is 26.5 Å². The van der Waals surface area contributed by atoms with E-state index in [0.29, 0.717) is 16.2 Å². The first-order valence-electron chi connectivity index (χ1n) is 9.96. The molecule has 0 aliphatic rings. The second-order valence-electron chi connectivity index (χ2n) is 7.27. The number of nitrogens with zero attached hydrogens (tertiary/aromatic N) is 3. The Morgan fingerprint density at radius 3 is 2.65 bits per heavy atom. The number of hydrogen-bond acceptors (Lipinski definition) is 8. The van der Waals surface area contributed by atoms with Gasteiger partial charge in [-0.2, -0.15) is 4.99 Å². The van der Waals surface area contributed by atoms with E-state index in [-0.39, 0.29) is 5.13 Å². The fourth-order valence-electron chi connectivity index (χ4n) is 3.15. The Kier molecular flexibility index (Phi) is 6.91. The van der Waals surface area contributed by atoms with E-state index in [0.717, 1.165) is 15.8 Å². The van der Waals surface area contributed by atoms with E-state index in [1.165, 1.54) is 22.7 Å². The van der Waals surface area contributed by atoms with Crippen molar-refractivity contribution in [1.29, 1.82) is 0 Å². The van der Waals surface area contributed by atoms with Gasteiger partial charge in [-0.05, 0) is 18.2 Å². The van der Waals surface area contributed by atoms with Gasteiger partial charge in [-0.15, -0.1) is 11.3 Å². The molecule has 176 valence electrons. The van der Waals surface area contributed by atoms with E-state index in [1.807, 2.05) is 42.5 Å². The Morgan fingerprint density at radius 2 is 1.91 bits per heavy atom. The van der Waals surface area contributed by atoms with Crippen LogP contribution in [-0.4, -0.2) is 48.4 Å². The van der Waals surface area contributed by atoms with Gasteiger partial charge in [-0.1, -0.05) is 41.7 Å². The van der Waals surface area contributed by atoms with E-state index < -0.39 is 33.2 Å². The number of carbonyl (C=O) groups excluding carboxylic acids is 2. The van der Waals surface area contributed by atoms with Crippen LogP contribution in [0.25, 0.3) is 21.5 Å². The third-order valence-corrected chi connectivity index (χ3v) is 7.99. The van der Waals surface area contributed by atoms with Gasteiger partial charge >= 0.3 is 0 Å². The van der Waals surface area contributed by atoms with Crippen molar-refractivity contribution in [2.75, 3.05) is 23.9 Å². The second kappa shape index (κ2) is 9.87. The van der Waals surface area contributed by atoms with E-state index in [1.54, 1.807) is 30.2 Å². The third kappa shape index (κ3) is 5.58. The molecule has 34 heavy (non-hydrogen) atoms. The molecule has 0 saturated carbocycles. The van der Waals surface area contributed by atoms with Crippen molar-refractivity contribution in [3.05, 3.63) is 58.7 Å². The molecule has 2 amide bonds. The number of methoxy groups -OCH3 is 1. The van der Waals surface area contributed by atoms with E-state index in [2.05, 4.69) is 15.3 Å². The fourth-order valence-corrected chi connectivity index (χ4v) is 5.97. The van der Waals surface area contributed by atoms with Gasteiger partial charge in [0.1, 0.15) is 17.3 Å². The smallest absolute Gasteiger partial charge is 0.263 e. The first-order chi connectivity index (χ1) is 16.2. The van der Waals surface area contributed by atoms with Gasteiger partial charge in [0.15, 0.2) is 19.8 Å². The van der Waals surface area contributed by atoms with Gasteiger partial charge in [0.05, 0.1) is 23.0 Å². The molecule has 4 rings (SSSR count). The minimum Gasteiger partial charge on any atom is -0.497 e. The van der Waals surface area contributed by atoms with E-state index in [9.17, 15) is 18.0 Å². The van der Waals surface area contributed by atoms with E-state index >= 15 is 0 Å². The zero-order valence-corrected chi connectivity index (χ0v) is 20.7. The van der Waals surface area contributed by atoms with Crippen molar-refractivity contribution >= 4 is 59.7 Å². The molecule has 0 radical (unpaired) electrons. The number of fused-ring (bicyclic) bond motifs is 1. The summed E-state index contributed by atoms with van der Waals surface area (Å²) in [6, 6.07) is 14.8. The molecule has 9 nitrogen and oxygen atoms in total. The number of carbonyl (C=O) groups is 2. The largest absolute Gasteiger partial charge is 0.497 e. The minimum atomic E-state index is -4.02. The summed E-state index contributed by atoms with van der Waals surface area (Å²) < 4.78 is 32.6. The van der Waals surface area contributed by atoms with Crippen molar-refractivity contribution in [2.45, 2.75) is 0 Å².